The van der Waals surface area contributed by atoms with Crippen molar-refractivity contribution in [2.24, 2.45) is 0 Å². The number of alkyl halides is 3. The van der Waals surface area contributed by atoms with Gasteiger partial charge in [-0.05, 0) is 36.4 Å². The quantitative estimate of drug-likeness (QED) is 0.625. The molecule has 4 nitrogen and oxygen atoms in total. The smallest absolute Gasteiger partial charge is 0.416 e. The maximum absolute atomic E-state index is 12.8. The molecule has 1 N–H and O–H groups in total. The first kappa shape index (κ1) is 17.6. The van der Waals surface area contributed by atoms with Crippen LogP contribution in [0.3, 0.4) is 0 Å². The van der Waals surface area contributed by atoms with Crippen LogP contribution in [-0.2, 0) is 12.7 Å². The van der Waals surface area contributed by atoms with Crippen molar-refractivity contribution >= 4 is 28.9 Å². The minimum atomic E-state index is -4.45. The SMILES string of the molecule is FC(F)(F)c1ccc(Cl)c(NCc2nnc(-c3cccc(Cl)c3)o2)c1. The van der Waals surface area contributed by atoms with E-state index in [1.54, 1.807) is 24.3 Å². The van der Waals surface area contributed by atoms with E-state index in [-0.39, 0.29) is 29.0 Å². The lowest BCUT2D eigenvalue weighted by Gasteiger charge is -2.11. The van der Waals surface area contributed by atoms with Crippen molar-refractivity contribution in [3.05, 3.63) is 64.0 Å². The molecular weight excluding hydrogens is 378 g/mol. The molecular formula is C16H10Cl2F3N3O. The fraction of sp³-hybridized carbons (Fsp3) is 0.125. The maximum Gasteiger partial charge on any atom is 0.416 e. The third-order valence-electron chi connectivity index (χ3n) is 3.26. The zero-order valence-corrected chi connectivity index (χ0v) is 14.0. The Kier molecular flexibility index (Phi) is 4.87. The van der Waals surface area contributed by atoms with E-state index in [1.807, 2.05) is 0 Å². The second kappa shape index (κ2) is 6.93. The van der Waals surface area contributed by atoms with Crippen molar-refractivity contribution in [3.8, 4) is 11.5 Å². The average molecular weight is 388 g/mol. The Labute approximate surface area is 150 Å². The monoisotopic (exact) mass is 387 g/mol. The Morgan fingerprint density at radius 2 is 1.84 bits per heavy atom. The van der Waals surface area contributed by atoms with Crippen molar-refractivity contribution in [2.75, 3.05) is 5.32 Å². The van der Waals surface area contributed by atoms with Crippen LogP contribution in [0.25, 0.3) is 11.5 Å². The molecule has 0 aliphatic heterocycles. The van der Waals surface area contributed by atoms with Crippen molar-refractivity contribution in [2.45, 2.75) is 12.7 Å². The molecule has 0 amide bonds. The number of aromatic nitrogens is 2. The van der Waals surface area contributed by atoms with E-state index < -0.39 is 11.7 Å². The largest absolute Gasteiger partial charge is 0.419 e. The highest BCUT2D eigenvalue weighted by molar-refractivity contribution is 6.33. The van der Waals surface area contributed by atoms with E-state index >= 15 is 0 Å². The van der Waals surface area contributed by atoms with Crippen LogP contribution in [0.15, 0.2) is 46.9 Å². The van der Waals surface area contributed by atoms with Gasteiger partial charge in [-0.1, -0.05) is 29.3 Å². The van der Waals surface area contributed by atoms with Gasteiger partial charge < -0.3 is 9.73 Å². The summed E-state index contributed by atoms with van der Waals surface area (Å²) in [7, 11) is 0. The summed E-state index contributed by atoms with van der Waals surface area (Å²) < 4.78 is 43.8. The van der Waals surface area contributed by atoms with Gasteiger partial charge in [0.25, 0.3) is 0 Å². The molecule has 0 radical (unpaired) electrons. The van der Waals surface area contributed by atoms with Gasteiger partial charge in [-0.15, -0.1) is 10.2 Å². The van der Waals surface area contributed by atoms with Crippen LogP contribution in [0.2, 0.25) is 10.0 Å². The summed E-state index contributed by atoms with van der Waals surface area (Å²) in [4.78, 5) is 0. The zero-order chi connectivity index (χ0) is 18.0. The summed E-state index contributed by atoms with van der Waals surface area (Å²) in [5.41, 5.74) is -0.0353. The highest BCUT2D eigenvalue weighted by Crippen LogP contribution is 2.34. The standard InChI is InChI=1S/C16H10Cl2F3N3O/c17-11-3-1-2-9(6-11)15-24-23-14(25-15)8-22-13-7-10(16(19,20)21)4-5-12(13)18/h1-7,22H,8H2. The van der Waals surface area contributed by atoms with Crippen LogP contribution >= 0.6 is 23.2 Å². The van der Waals surface area contributed by atoms with Gasteiger partial charge in [-0.2, -0.15) is 13.2 Å². The van der Waals surface area contributed by atoms with Gasteiger partial charge in [-0.3, -0.25) is 0 Å². The van der Waals surface area contributed by atoms with Crippen molar-refractivity contribution in [3.63, 3.8) is 0 Å². The summed E-state index contributed by atoms with van der Waals surface area (Å²) in [6.45, 7) is 0.0224. The molecule has 0 aliphatic carbocycles. The molecule has 25 heavy (non-hydrogen) atoms. The third kappa shape index (κ3) is 4.24. The zero-order valence-electron chi connectivity index (χ0n) is 12.4. The van der Waals surface area contributed by atoms with E-state index in [4.69, 9.17) is 27.6 Å². The number of rotatable bonds is 4. The predicted molar refractivity (Wildman–Crippen MR) is 88.5 cm³/mol. The van der Waals surface area contributed by atoms with Crippen LogP contribution in [0.4, 0.5) is 18.9 Å². The first-order chi connectivity index (χ1) is 11.8. The summed E-state index contributed by atoms with van der Waals surface area (Å²) in [5.74, 6) is 0.456. The van der Waals surface area contributed by atoms with E-state index in [0.717, 1.165) is 12.1 Å². The Morgan fingerprint density at radius 1 is 1.04 bits per heavy atom. The second-order valence-corrected chi connectivity index (χ2v) is 5.90. The Hall–Kier alpha value is -2.25. The number of benzene rings is 2. The summed E-state index contributed by atoms with van der Waals surface area (Å²) in [6, 6.07) is 9.88. The number of nitrogens with one attached hydrogen (secondary N) is 1. The highest BCUT2D eigenvalue weighted by atomic mass is 35.5. The maximum atomic E-state index is 12.8. The summed E-state index contributed by atoms with van der Waals surface area (Å²) >= 11 is 11.8. The molecule has 0 aliphatic rings. The molecule has 0 unspecified atom stereocenters. The van der Waals surface area contributed by atoms with Gasteiger partial charge in [0, 0.05) is 10.6 Å². The molecule has 9 heteroatoms. The molecule has 1 heterocycles. The summed E-state index contributed by atoms with van der Waals surface area (Å²) in [6.07, 6.45) is -4.45. The first-order valence-corrected chi connectivity index (χ1v) is 7.77. The summed E-state index contributed by atoms with van der Waals surface area (Å²) in [5, 5.41) is 11.2. The van der Waals surface area contributed by atoms with Crippen LogP contribution < -0.4 is 5.32 Å². The van der Waals surface area contributed by atoms with Crippen LogP contribution in [0.1, 0.15) is 11.5 Å². The molecule has 0 saturated carbocycles. The van der Waals surface area contributed by atoms with Gasteiger partial charge in [0.2, 0.25) is 11.8 Å². The third-order valence-corrected chi connectivity index (χ3v) is 3.83. The number of halogens is 5. The molecule has 0 fully saturated rings. The Bertz CT molecular complexity index is 896. The van der Waals surface area contributed by atoms with Gasteiger partial charge in [0.05, 0.1) is 22.8 Å². The predicted octanol–water partition coefficient (Wildman–Crippen LogP) is 5.67. The normalized spacial score (nSPS) is 11.6. The molecule has 0 atom stereocenters. The lowest BCUT2D eigenvalue weighted by molar-refractivity contribution is -0.137. The molecule has 3 aromatic rings. The lowest BCUT2D eigenvalue weighted by atomic mass is 10.2. The minimum absolute atomic E-state index is 0.0224. The van der Waals surface area contributed by atoms with Crippen LogP contribution in [0, 0.1) is 0 Å². The van der Waals surface area contributed by atoms with E-state index in [1.165, 1.54) is 6.07 Å². The van der Waals surface area contributed by atoms with E-state index in [9.17, 15) is 13.2 Å². The van der Waals surface area contributed by atoms with Crippen molar-refractivity contribution < 1.29 is 17.6 Å². The van der Waals surface area contributed by atoms with E-state index in [2.05, 4.69) is 15.5 Å². The van der Waals surface area contributed by atoms with Gasteiger partial charge in [0.1, 0.15) is 0 Å². The lowest BCUT2D eigenvalue weighted by Crippen LogP contribution is -2.07. The minimum Gasteiger partial charge on any atom is -0.419 e. The van der Waals surface area contributed by atoms with Crippen molar-refractivity contribution in [1.82, 2.24) is 10.2 Å². The molecule has 130 valence electrons. The fourth-order valence-corrected chi connectivity index (χ4v) is 2.45. The molecule has 0 bridgehead atoms. The molecule has 2 aromatic carbocycles. The second-order valence-electron chi connectivity index (χ2n) is 5.06. The van der Waals surface area contributed by atoms with Crippen molar-refractivity contribution in [1.29, 1.82) is 0 Å². The van der Waals surface area contributed by atoms with E-state index in [0.29, 0.717) is 10.6 Å². The van der Waals surface area contributed by atoms with Crippen LogP contribution in [0.5, 0.6) is 0 Å². The molecule has 3 rings (SSSR count). The molecule has 0 saturated heterocycles. The van der Waals surface area contributed by atoms with Gasteiger partial charge in [-0.25, -0.2) is 0 Å². The van der Waals surface area contributed by atoms with Gasteiger partial charge in [0.15, 0.2) is 0 Å². The first-order valence-electron chi connectivity index (χ1n) is 7.02. The highest BCUT2D eigenvalue weighted by Gasteiger charge is 2.31. The Morgan fingerprint density at radius 3 is 2.56 bits per heavy atom. The molecule has 1 aromatic heterocycles. The number of hydrogen-bond acceptors (Lipinski definition) is 4. The molecule has 0 spiro atoms. The average Bonchev–Trinajstić information content (AvgIpc) is 3.02. The van der Waals surface area contributed by atoms with Gasteiger partial charge >= 0.3 is 6.18 Å². The fourth-order valence-electron chi connectivity index (χ4n) is 2.07. The Balaban J connectivity index is 1.75. The topological polar surface area (TPSA) is 51.0 Å². The van der Waals surface area contributed by atoms with Crippen LogP contribution in [-0.4, -0.2) is 10.2 Å². The number of nitrogens with zero attached hydrogens (tertiary/aromatic N) is 2. The number of hydrogen-bond donors (Lipinski definition) is 1. The number of anilines is 1.